The van der Waals surface area contributed by atoms with Crippen molar-refractivity contribution in [3.8, 4) is 0 Å². The molecule has 32 atom stereocenters. The lowest BCUT2D eigenvalue weighted by molar-refractivity contribution is -0.187. The summed E-state index contributed by atoms with van der Waals surface area (Å²) in [6.45, 7) is 48.1. The summed E-state index contributed by atoms with van der Waals surface area (Å²) >= 11 is 0. The summed E-state index contributed by atoms with van der Waals surface area (Å²) in [5.41, 5.74) is 2.56. The van der Waals surface area contributed by atoms with Gasteiger partial charge in [0.1, 0.15) is 67.6 Å². The van der Waals surface area contributed by atoms with E-state index in [9.17, 15) is 81.5 Å². The molecule has 12 heterocycles. The molecule has 12 aliphatic heterocycles. The lowest BCUT2D eigenvalue weighted by Gasteiger charge is -2.38. The largest absolute Gasteiger partial charge is 0.498 e. The highest BCUT2D eigenvalue weighted by Gasteiger charge is 2.68. The molecule has 32 unspecified atom stereocenters. The summed E-state index contributed by atoms with van der Waals surface area (Å²) in [5, 5.41) is 0. The van der Waals surface area contributed by atoms with Gasteiger partial charge in [-0.05, 0) is 131 Å². The maximum Gasteiger partial charge on any atom is 0.347 e. The van der Waals surface area contributed by atoms with Crippen LogP contribution in [0.2, 0.25) is 0 Å². The van der Waals surface area contributed by atoms with Gasteiger partial charge < -0.3 is 99.5 Å². The third kappa shape index (κ3) is 22.5. The van der Waals surface area contributed by atoms with Crippen LogP contribution in [0.5, 0.6) is 0 Å². The fourth-order valence-corrected chi connectivity index (χ4v) is 21.8. The highest BCUT2D eigenvalue weighted by atomic mass is 16.7. The first-order chi connectivity index (χ1) is 63.8. The summed E-state index contributed by atoms with van der Waals surface area (Å²) in [4.78, 5) is 193. The quantitative estimate of drug-likeness (QED) is 0.0594. The molecule has 8 saturated carbocycles. The monoisotopic (exact) mass is 1890 g/mol. The first kappa shape index (κ1) is 100. The molecule has 0 radical (unpaired) electrons. The maximum atomic E-state index is 11.8. The van der Waals surface area contributed by atoms with Crippen molar-refractivity contribution >= 4 is 101 Å². The molecule has 0 aromatic rings. The van der Waals surface area contributed by atoms with Crippen molar-refractivity contribution in [1.29, 1.82) is 0 Å². The van der Waals surface area contributed by atoms with Crippen LogP contribution in [0.3, 0.4) is 0 Å². The smallest absolute Gasteiger partial charge is 0.347 e. The van der Waals surface area contributed by atoms with Crippen LogP contribution in [0, 0.1) is 88.8 Å². The molecule has 20 rings (SSSR count). The second-order valence-electron chi connectivity index (χ2n) is 38.1. The Morgan fingerprint density at radius 3 is 1.23 bits per heavy atom. The maximum absolute atomic E-state index is 11.8. The number of cyclic esters (lactones) is 1. The van der Waals surface area contributed by atoms with Crippen LogP contribution in [0.15, 0.2) is 122 Å². The molecule has 8 aliphatic carbocycles. The molecule has 0 aromatic heterocycles. The minimum atomic E-state index is -0.728. The molecule has 0 spiro atoms. The van der Waals surface area contributed by atoms with E-state index in [-0.39, 0.29) is 178 Å². The van der Waals surface area contributed by atoms with E-state index in [0.29, 0.717) is 121 Å². The summed E-state index contributed by atoms with van der Waals surface area (Å²) in [6.07, 6.45) is 4.87. The van der Waals surface area contributed by atoms with Gasteiger partial charge in [-0.3, -0.25) is 24.0 Å². The molecule has 135 heavy (non-hydrogen) atoms. The third-order valence-electron chi connectivity index (χ3n) is 27.9. The Bertz CT molecular complexity index is 4760. The van der Waals surface area contributed by atoms with Crippen LogP contribution in [0.4, 0.5) is 0 Å². The van der Waals surface area contributed by atoms with E-state index in [0.717, 1.165) is 63.7 Å². The molecule has 0 N–H and O–H groups in total. The zero-order chi connectivity index (χ0) is 98.1. The van der Waals surface area contributed by atoms with Crippen molar-refractivity contribution in [3.63, 3.8) is 0 Å². The Morgan fingerprint density at radius 2 is 0.726 bits per heavy atom. The Kier molecular flexibility index (Phi) is 31.3. The molecule has 20 aliphatic rings. The molecule has 38 heteroatoms. The molecule has 38 nitrogen and oxygen atoms in total. The first-order valence-corrected chi connectivity index (χ1v) is 45.3. The number of fused-ring (bicyclic) bond motifs is 10. The molecule has 0 amide bonds. The van der Waals surface area contributed by atoms with Crippen LogP contribution in [-0.4, -0.2) is 245 Å². The zero-order valence-electron chi connectivity index (χ0n) is 76.7. The van der Waals surface area contributed by atoms with Crippen LogP contribution in [-0.2, 0) is 181 Å². The first-order valence-electron chi connectivity index (χ1n) is 45.3. The van der Waals surface area contributed by atoms with E-state index in [1.54, 1.807) is 27.7 Å². The molecular weight excluding hydrogens is 1770 g/mol. The standard InChI is InChI=1S/C15H18O6.C14H16O7.C14H16O6.C14H18O3.C12H14O4.C11H12O5.C9H12O3.C8H10O4/c1-7(2)15(18)19-6-12(17)21-13-9-3-8-5-11(16)20-14(13)10(8)4-9;1-6(2)14(17)18-5-10(16)21-12-8-3-7-4-9(15)20-13(12)11(7)19-8;1-6(2)13(16)18-5-10(15)19-11-7-3-8-9(4-7)14(17)20-12(8)11;1-7(2)14(15)17-12-5-9-4-10(12)13-8(3)16-6-11(9)13;1-5(2)11(13)15-9-6-3-7-8(4-6)12(14)16-10(7)9;1-4(2)10(12)15-8-6-3-5-7(14-6)9(8)16-11(5)13;1-6(2)9(10)12-8-4-7(3)11-5-8;1-5(2)7(9)12-6-3-4-11-8(6)10/h8-10,13-14H,1,3-6H2,2H3;7-8,11-13H,1,3-5H2,2H3;7-9,11-12H,1,3-5H2,2H3;9-13H,1,3-6H2,2H3;6-10H,1,3-4H2,2H3;5-9H,1,3H2,2H3;8H,1,3-5H2,2H3;6H,1,3-4H2,2H3. The highest BCUT2D eigenvalue weighted by molar-refractivity contribution is 5.92. The van der Waals surface area contributed by atoms with Crippen molar-refractivity contribution in [2.75, 3.05) is 39.6 Å². The van der Waals surface area contributed by atoms with Crippen LogP contribution >= 0.6 is 0 Å². The number of allylic oxidation sites excluding steroid dienone is 1. The third-order valence-corrected chi connectivity index (χ3v) is 27.9. The SMILES string of the molecule is C=C(C)C(=O)OC1C2CC3C(=O)OC1C3C2.C=C(C)C(=O)OC1C2CC3C(=O)OC1C3O2.C=C(C)C(=O)OC1CC2CC1C1C(=C)OCC21.C=C(C)C(=O)OC1CCOC1=O.C=C(C)C(=O)OCC(=O)OC1C2CC3C(=O)OC1C3C2.C=C(C)C(=O)OCC(=O)OC1C2CC3CC(=O)OC1C3C2.C=C(C)C(=O)OCC(=O)OC1C2CC3CC(=O)OC1C3O2.C=C1CC(OC(=O)C(=C)C)CO1. The molecule has 732 valence electrons. The van der Waals surface area contributed by atoms with Crippen LogP contribution < -0.4 is 0 Å². The van der Waals surface area contributed by atoms with Crippen LogP contribution in [0.1, 0.15) is 145 Å². The summed E-state index contributed by atoms with van der Waals surface area (Å²) in [6, 6.07) is 0. The predicted octanol–water partition coefficient (Wildman–Crippen LogP) is 7.07. The number of esters is 17. The average Bonchev–Trinajstić information content (AvgIpc) is 1.15. The summed E-state index contributed by atoms with van der Waals surface area (Å²) in [5.74, 6) is -1.70. The zero-order valence-corrected chi connectivity index (χ0v) is 76.7. The van der Waals surface area contributed by atoms with Gasteiger partial charge >= 0.3 is 101 Å². The second-order valence-corrected chi connectivity index (χ2v) is 38.1. The van der Waals surface area contributed by atoms with Crippen molar-refractivity contribution in [3.05, 3.63) is 122 Å². The van der Waals surface area contributed by atoms with Gasteiger partial charge in [0.25, 0.3) is 0 Å². The van der Waals surface area contributed by atoms with E-state index in [4.69, 9.17) is 94.7 Å². The topological polar surface area (TPSA) is 484 Å². The van der Waals surface area contributed by atoms with Crippen molar-refractivity contribution in [1.82, 2.24) is 0 Å². The van der Waals surface area contributed by atoms with E-state index in [1.165, 1.54) is 27.7 Å². The molecule has 12 saturated heterocycles. The Balaban J connectivity index is 0.000000132. The van der Waals surface area contributed by atoms with Crippen molar-refractivity contribution < 1.29 is 181 Å². The number of hydrogen-bond donors (Lipinski definition) is 0. The summed E-state index contributed by atoms with van der Waals surface area (Å²) in [7, 11) is 0. The minimum Gasteiger partial charge on any atom is -0.498 e. The van der Waals surface area contributed by atoms with Gasteiger partial charge in [0.2, 0.25) is 6.10 Å². The molecule has 0 aromatic carbocycles. The van der Waals surface area contributed by atoms with Crippen molar-refractivity contribution in [2.45, 2.75) is 249 Å². The number of rotatable bonds is 22. The molecular formula is C97H116O38. The number of hydrogen-bond acceptors (Lipinski definition) is 38. The average molecular weight is 1890 g/mol. The Morgan fingerprint density at radius 1 is 0.319 bits per heavy atom. The van der Waals surface area contributed by atoms with E-state index < -0.39 is 116 Å². The normalized spacial score (nSPS) is 36.1. The minimum absolute atomic E-state index is 0.0128. The second kappa shape index (κ2) is 42.0. The lowest BCUT2D eigenvalue weighted by Crippen LogP contribution is -2.50. The molecule has 12 bridgehead atoms. The van der Waals surface area contributed by atoms with Gasteiger partial charge in [0, 0.05) is 123 Å². The summed E-state index contributed by atoms with van der Waals surface area (Å²) < 4.78 is 109. The number of ether oxygens (including phenoxy) is 21. The van der Waals surface area contributed by atoms with Gasteiger partial charge in [0.15, 0.2) is 44.2 Å². The predicted molar refractivity (Wildman–Crippen MR) is 455 cm³/mol. The number of carbonyl (C=O) groups is 17. The fraction of sp³-hybridized carbons (Fsp3) is 0.619. The fourth-order valence-electron chi connectivity index (χ4n) is 21.8. The van der Waals surface area contributed by atoms with Crippen molar-refractivity contribution in [2.24, 2.45) is 88.8 Å². The number of carbonyl (C=O) groups excluding carboxylic acids is 17. The van der Waals surface area contributed by atoms with Gasteiger partial charge in [-0.25, -0.2) is 57.5 Å². The Hall–Kier alpha value is -12.1. The van der Waals surface area contributed by atoms with Gasteiger partial charge in [-0.2, -0.15) is 0 Å². The van der Waals surface area contributed by atoms with Crippen LogP contribution in [0.25, 0.3) is 0 Å². The van der Waals surface area contributed by atoms with Gasteiger partial charge in [-0.1, -0.05) is 65.8 Å². The lowest BCUT2D eigenvalue weighted by atomic mass is 9.79. The van der Waals surface area contributed by atoms with E-state index >= 15 is 0 Å². The van der Waals surface area contributed by atoms with E-state index in [1.807, 2.05) is 0 Å². The van der Waals surface area contributed by atoms with Gasteiger partial charge in [-0.15, -0.1) is 0 Å². The molecule has 20 fully saturated rings. The Labute approximate surface area is 778 Å². The van der Waals surface area contributed by atoms with E-state index in [2.05, 4.69) is 70.5 Å². The van der Waals surface area contributed by atoms with Gasteiger partial charge in [0.05, 0.1) is 61.1 Å². The highest BCUT2D eigenvalue weighted by Crippen LogP contribution is 2.61.